The van der Waals surface area contributed by atoms with Gasteiger partial charge in [-0.1, -0.05) is 19.9 Å². The van der Waals surface area contributed by atoms with E-state index in [1.807, 2.05) is 26.0 Å². The van der Waals surface area contributed by atoms with Crippen molar-refractivity contribution < 1.29 is 13.2 Å². The van der Waals surface area contributed by atoms with E-state index in [4.69, 9.17) is 0 Å². The van der Waals surface area contributed by atoms with Crippen LogP contribution in [0.3, 0.4) is 0 Å². The Hall–Kier alpha value is -1.86. The quantitative estimate of drug-likeness (QED) is 0.903. The molecule has 0 saturated carbocycles. The van der Waals surface area contributed by atoms with E-state index in [2.05, 4.69) is 4.72 Å². The van der Waals surface area contributed by atoms with Gasteiger partial charge in [0.25, 0.3) is 10.0 Å². The number of aryl methyl sites for hydroxylation is 1. The highest BCUT2D eigenvalue weighted by atomic mass is 32.2. The number of hydrogen-bond acceptors (Lipinski definition) is 4. The number of hydrogen-bond donors (Lipinski definition) is 1. The van der Waals surface area contributed by atoms with Crippen molar-refractivity contribution in [3.05, 3.63) is 41.3 Å². The van der Waals surface area contributed by atoms with Crippen LogP contribution in [0, 0.1) is 5.92 Å². The highest BCUT2D eigenvalue weighted by Gasteiger charge is 2.25. The van der Waals surface area contributed by atoms with E-state index in [1.54, 1.807) is 28.5 Å². The van der Waals surface area contributed by atoms with Gasteiger partial charge in [-0.2, -0.15) is 0 Å². The van der Waals surface area contributed by atoms with Crippen LogP contribution in [0.4, 0.5) is 11.4 Å². The Morgan fingerprint density at radius 1 is 1.29 bits per heavy atom. The fraction of sp³-hybridized carbons (Fsp3) is 0.353. The van der Waals surface area contributed by atoms with E-state index in [9.17, 15) is 13.2 Å². The van der Waals surface area contributed by atoms with Crippen LogP contribution in [-0.4, -0.2) is 20.9 Å². The van der Waals surface area contributed by atoms with Gasteiger partial charge in [0.05, 0.1) is 0 Å². The van der Waals surface area contributed by atoms with Crippen LogP contribution in [-0.2, 0) is 21.2 Å². The van der Waals surface area contributed by atoms with E-state index < -0.39 is 10.0 Å². The molecule has 1 aromatic heterocycles. The van der Waals surface area contributed by atoms with Gasteiger partial charge in [0, 0.05) is 23.8 Å². The van der Waals surface area contributed by atoms with Crippen molar-refractivity contribution in [1.82, 2.24) is 0 Å². The van der Waals surface area contributed by atoms with Gasteiger partial charge in [-0.05, 0) is 48.1 Å². The lowest BCUT2D eigenvalue weighted by molar-refractivity contribution is -0.121. The third-order valence-electron chi connectivity index (χ3n) is 3.97. The summed E-state index contributed by atoms with van der Waals surface area (Å²) in [4.78, 5) is 14.2. The summed E-state index contributed by atoms with van der Waals surface area (Å²) in [6, 6.07) is 8.67. The zero-order valence-electron chi connectivity index (χ0n) is 13.7. The average Bonchev–Trinajstić information content (AvgIpc) is 3.08. The van der Waals surface area contributed by atoms with Crippen LogP contribution in [0.15, 0.2) is 39.9 Å². The molecular formula is C17H20N2O3S2. The van der Waals surface area contributed by atoms with Gasteiger partial charge in [-0.3, -0.25) is 9.52 Å². The summed E-state index contributed by atoms with van der Waals surface area (Å²) in [6.45, 7) is 4.49. The lowest BCUT2D eigenvalue weighted by Gasteiger charge is -2.31. The summed E-state index contributed by atoms with van der Waals surface area (Å²) < 4.78 is 27.6. The minimum absolute atomic E-state index is 0.0621. The maximum Gasteiger partial charge on any atom is 0.271 e. The van der Waals surface area contributed by atoms with Gasteiger partial charge in [0.1, 0.15) is 4.21 Å². The third kappa shape index (κ3) is 3.32. The molecule has 1 amide bonds. The highest BCUT2D eigenvalue weighted by molar-refractivity contribution is 7.94. The Morgan fingerprint density at radius 2 is 2.08 bits per heavy atom. The van der Waals surface area contributed by atoms with E-state index >= 15 is 0 Å². The standard InChI is InChI=1S/C17H20N2O3S2/c1-12(2)17(20)19-9-3-5-13-11-14(7-8-15(13)19)18-24(21,22)16-6-4-10-23-16/h4,6-8,10-12,18H,3,5,9H2,1-2H3. The summed E-state index contributed by atoms with van der Waals surface area (Å²) in [5, 5.41) is 1.73. The maximum atomic E-state index is 12.3. The molecule has 24 heavy (non-hydrogen) atoms. The molecule has 5 nitrogen and oxygen atoms in total. The number of carbonyl (C=O) groups excluding carboxylic acids is 1. The lowest BCUT2D eigenvalue weighted by atomic mass is 9.99. The first-order valence-electron chi connectivity index (χ1n) is 7.89. The summed E-state index contributed by atoms with van der Waals surface area (Å²) >= 11 is 1.18. The molecule has 0 radical (unpaired) electrons. The number of amides is 1. The molecule has 3 rings (SSSR count). The van der Waals surface area contributed by atoms with E-state index in [1.165, 1.54) is 11.3 Å². The molecule has 1 aromatic carbocycles. The molecule has 2 heterocycles. The Bertz CT molecular complexity index is 843. The fourth-order valence-corrected chi connectivity index (χ4v) is 4.87. The van der Waals surface area contributed by atoms with Gasteiger partial charge < -0.3 is 4.90 Å². The van der Waals surface area contributed by atoms with Crippen molar-refractivity contribution in [2.75, 3.05) is 16.2 Å². The molecule has 1 aliphatic heterocycles. The van der Waals surface area contributed by atoms with Gasteiger partial charge in [0.2, 0.25) is 5.91 Å². The van der Waals surface area contributed by atoms with Crippen molar-refractivity contribution in [3.63, 3.8) is 0 Å². The normalized spacial score (nSPS) is 14.5. The second-order valence-electron chi connectivity index (χ2n) is 6.13. The van der Waals surface area contributed by atoms with Gasteiger partial charge >= 0.3 is 0 Å². The largest absolute Gasteiger partial charge is 0.312 e. The highest BCUT2D eigenvalue weighted by Crippen LogP contribution is 2.31. The molecule has 0 fully saturated rings. The number of thiophene rings is 1. The van der Waals surface area contributed by atoms with Crippen molar-refractivity contribution in [3.8, 4) is 0 Å². The van der Waals surface area contributed by atoms with Crippen molar-refractivity contribution in [1.29, 1.82) is 0 Å². The van der Waals surface area contributed by atoms with Gasteiger partial charge in [0.15, 0.2) is 0 Å². The van der Waals surface area contributed by atoms with Gasteiger partial charge in [-0.15, -0.1) is 11.3 Å². The zero-order valence-corrected chi connectivity index (χ0v) is 15.3. The first-order chi connectivity index (χ1) is 11.4. The summed E-state index contributed by atoms with van der Waals surface area (Å²) in [7, 11) is -3.55. The number of nitrogens with zero attached hydrogens (tertiary/aromatic N) is 1. The summed E-state index contributed by atoms with van der Waals surface area (Å²) in [6.07, 6.45) is 1.72. The minimum Gasteiger partial charge on any atom is -0.312 e. The molecule has 0 atom stereocenters. The molecule has 1 aliphatic rings. The van der Waals surface area contributed by atoms with Crippen molar-refractivity contribution >= 4 is 38.6 Å². The van der Waals surface area contributed by atoms with Crippen LogP contribution < -0.4 is 9.62 Å². The monoisotopic (exact) mass is 364 g/mol. The number of nitrogens with one attached hydrogen (secondary N) is 1. The first kappa shape index (κ1) is 17.0. The first-order valence-corrected chi connectivity index (χ1v) is 10.3. The third-order valence-corrected chi connectivity index (χ3v) is 6.75. The lowest BCUT2D eigenvalue weighted by Crippen LogP contribution is -2.38. The van der Waals surface area contributed by atoms with Crippen molar-refractivity contribution in [2.24, 2.45) is 5.92 Å². The van der Waals surface area contributed by atoms with Crippen molar-refractivity contribution in [2.45, 2.75) is 30.9 Å². The second kappa shape index (κ2) is 6.57. The smallest absolute Gasteiger partial charge is 0.271 e. The predicted molar refractivity (Wildman–Crippen MR) is 97.1 cm³/mol. The van der Waals surface area contributed by atoms with E-state index in [0.717, 1.165) is 24.1 Å². The number of carbonyl (C=O) groups is 1. The molecule has 0 aliphatic carbocycles. The van der Waals surface area contributed by atoms with Gasteiger partial charge in [-0.25, -0.2) is 8.42 Å². The molecular weight excluding hydrogens is 344 g/mol. The fourth-order valence-electron chi connectivity index (χ4n) is 2.82. The number of anilines is 2. The Labute approximate surface area is 146 Å². The number of sulfonamides is 1. The van der Waals surface area contributed by atoms with E-state index in [0.29, 0.717) is 12.2 Å². The molecule has 0 saturated heterocycles. The zero-order chi connectivity index (χ0) is 17.3. The topological polar surface area (TPSA) is 66.5 Å². The molecule has 2 aromatic rings. The summed E-state index contributed by atoms with van der Waals surface area (Å²) in [5.74, 6) is 0.0378. The number of rotatable bonds is 4. The second-order valence-corrected chi connectivity index (χ2v) is 8.99. The Balaban J connectivity index is 1.88. The predicted octanol–water partition coefficient (Wildman–Crippen LogP) is 3.48. The molecule has 128 valence electrons. The van der Waals surface area contributed by atoms with E-state index in [-0.39, 0.29) is 16.0 Å². The van der Waals surface area contributed by atoms with Crippen LogP contribution in [0.25, 0.3) is 0 Å². The molecule has 7 heteroatoms. The van der Waals surface area contributed by atoms with Crippen LogP contribution >= 0.6 is 11.3 Å². The summed E-state index contributed by atoms with van der Waals surface area (Å²) in [5.41, 5.74) is 2.42. The van der Waals surface area contributed by atoms with Crippen LogP contribution in [0.1, 0.15) is 25.8 Å². The molecule has 1 N–H and O–H groups in total. The maximum absolute atomic E-state index is 12.3. The van der Waals surface area contributed by atoms with Crippen LogP contribution in [0.5, 0.6) is 0 Å². The van der Waals surface area contributed by atoms with Crippen LogP contribution in [0.2, 0.25) is 0 Å². The average molecular weight is 364 g/mol. The Kier molecular flexibility index (Phi) is 4.64. The molecule has 0 bridgehead atoms. The molecule has 0 unspecified atom stereocenters. The minimum atomic E-state index is -3.55. The SMILES string of the molecule is CC(C)C(=O)N1CCCc2cc(NS(=O)(=O)c3cccs3)ccc21. The molecule has 0 spiro atoms. The Morgan fingerprint density at radius 3 is 2.75 bits per heavy atom. The number of benzene rings is 1. The number of fused-ring (bicyclic) bond motifs is 1.